The molecule has 0 spiro atoms. The van der Waals surface area contributed by atoms with E-state index in [1.807, 2.05) is 13.8 Å². The van der Waals surface area contributed by atoms with Gasteiger partial charge in [0.25, 0.3) is 0 Å². The Hall–Kier alpha value is -1.63. The molecule has 1 saturated carbocycles. The van der Waals surface area contributed by atoms with Crippen molar-refractivity contribution < 1.29 is 14.7 Å². The number of aryl methyl sites for hydroxylation is 2. The monoisotopic (exact) mass is 297 g/mol. The molecule has 7 heteroatoms. The van der Waals surface area contributed by atoms with Crippen LogP contribution in [0.25, 0.3) is 0 Å². The van der Waals surface area contributed by atoms with Crippen molar-refractivity contribution in [2.45, 2.75) is 39.5 Å². The van der Waals surface area contributed by atoms with E-state index in [4.69, 9.17) is 0 Å². The van der Waals surface area contributed by atoms with Gasteiger partial charge in [0.15, 0.2) is 5.13 Å². The number of aliphatic carboxylic acids is 1. The molecule has 1 aliphatic carbocycles. The molecular formula is C13H19N3O3S. The lowest BCUT2D eigenvalue weighted by atomic mass is 9.69. The molecule has 0 bridgehead atoms. The third kappa shape index (κ3) is 2.92. The lowest BCUT2D eigenvalue weighted by molar-refractivity contribution is -0.153. The number of carbonyl (C=O) groups excluding carboxylic acids is 1. The average Bonchev–Trinajstić information content (AvgIpc) is 2.67. The van der Waals surface area contributed by atoms with E-state index in [1.54, 1.807) is 0 Å². The lowest BCUT2D eigenvalue weighted by Gasteiger charge is -2.37. The molecule has 0 unspecified atom stereocenters. The van der Waals surface area contributed by atoms with Gasteiger partial charge in [-0.25, -0.2) is 9.78 Å². The van der Waals surface area contributed by atoms with E-state index in [9.17, 15) is 14.7 Å². The van der Waals surface area contributed by atoms with Gasteiger partial charge in [-0.1, -0.05) is 13.3 Å². The normalized spacial score (nSPS) is 16.3. The van der Waals surface area contributed by atoms with Crippen molar-refractivity contribution >= 4 is 28.5 Å². The lowest BCUT2D eigenvalue weighted by Crippen LogP contribution is -2.48. The van der Waals surface area contributed by atoms with E-state index in [0.717, 1.165) is 23.4 Å². The quantitative estimate of drug-likeness (QED) is 0.778. The smallest absolute Gasteiger partial charge is 0.321 e. The van der Waals surface area contributed by atoms with Gasteiger partial charge in [0.1, 0.15) is 0 Å². The molecule has 2 rings (SSSR count). The van der Waals surface area contributed by atoms with Crippen molar-refractivity contribution in [1.29, 1.82) is 0 Å². The summed E-state index contributed by atoms with van der Waals surface area (Å²) in [7, 11) is 0. The number of carboxylic acid groups (broad SMARTS) is 1. The van der Waals surface area contributed by atoms with Gasteiger partial charge < -0.3 is 10.4 Å². The highest BCUT2D eigenvalue weighted by molar-refractivity contribution is 7.15. The maximum Gasteiger partial charge on any atom is 0.321 e. The molecule has 0 aromatic carbocycles. The summed E-state index contributed by atoms with van der Waals surface area (Å²) >= 11 is 1.43. The number of hydrogen-bond acceptors (Lipinski definition) is 4. The fourth-order valence-electron chi connectivity index (χ4n) is 2.27. The van der Waals surface area contributed by atoms with E-state index >= 15 is 0 Å². The molecule has 1 fully saturated rings. The van der Waals surface area contributed by atoms with E-state index in [2.05, 4.69) is 15.6 Å². The maximum atomic E-state index is 11.8. The molecule has 1 aliphatic rings. The predicted molar refractivity (Wildman–Crippen MR) is 77.2 cm³/mol. The van der Waals surface area contributed by atoms with Crippen molar-refractivity contribution in [3.8, 4) is 0 Å². The van der Waals surface area contributed by atoms with Gasteiger partial charge in [0.2, 0.25) is 0 Å². The molecule has 0 atom stereocenters. The van der Waals surface area contributed by atoms with Gasteiger partial charge in [0.05, 0.1) is 11.1 Å². The standard InChI is InChI=1S/C13H19N3O3S/c1-3-9-8(2)20-12(15-9)16-11(19)14-7-13(10(17)18)5-4-6-13/h3-7H2,1-2H3,(H,17,18)(H2,14,15,16,19). The number of hydrogen-bond donors (Lipinski definition) is 3. The number of urea groups is 1. The molecule has 20 heavy (non-hydrogen) atoms. The third-order valence-electron chi connectivity index (χ3n) is 3.80. The highest BCUT2D eigenvalue weighted by Gasteiger charge is 2.44. The first-order chi connectivity index (χ1) is 9.47. The van der Waals surface area contributed by atoms with Gasteiger partial charge in [-0.05, 0) is 26.2 Å². The number of nitrogens with one attached hydrogen (secondary N) is 2. The summed E-state index contributed by atoms with van der Waals surface area (Å²) in [5.74, 6) is -0.831. The largest absolute Gasteiger partial charge is 0.481 e. The zero-order valence-corrected chi connectivity index (χ0v) is 12.5. The fraction of sp³-hybridized carbons (Fsp3) is 0.615. The Bertz CT molecular complexity index is 523. The summed E-state index contributed by atoms with van der Waals surface area (Å²) in [5.41, 5.74) is 0.205. The SMILES string of the molecule is CCc1nc(NC(=O)NCC2(C(=O)O)CCC2)sc1C. The summed E-state index contributed by atoms with van der Waals surface area (Å²) in [6, 6.07) is -0.395. The van der Waals surface area contributed by atoms with Crippen LogP contribution in [0, 0.1) is 12.3 Å². The number of carbonyl (C=O) groups is 2. The second-order valence-corrected chi connectivity index (χ2v) is 6.33. The number of thiazole rings is 1. The minimum atomic E-state index is -0.831. The minimum absolute atomic E-state index is 0.166. The zero-order chi connectivity index (χ0) is 14.8. The molecule has 3 N–H and O–H groups in total. The predicted octanol–water partition coefficient (Wildman–Crippen LogP) is 2.39. The van der Waals surface area contributed by atoms with Gasteiger partial charge in [-0.3, -0.25) is 10.1 Å². The van der Waals surface area contributed by atoms with Gasteiger partial charge in [-0.2, -0.15) is 0 Å². The first-order valence-electron chi connectivity index (χ1n) is 6.71. The minimum Gasteiger partial charge on any atom is -0.481 e. The zero-order valence-electron chi connectivity index (χ0n) is 11.7. The van der Waals surface area contributed by atoms with Crippen molar-refractivity contribution in [2.75, 3.05) is 11.9 Å². The average molecular weight is 297 g/mol. The van der Waals surface area contributed by atoms with Gasteiger partial charge >= 0.3 is 12.0 Å². The molecule has 0 radical (unpaired) electrons. The second-order valence-electron chi connectivity index (χ2n) is 5.12. The van der Waals surface area contributed by atoms with Crippen LogP contribution < -0.4 is 10.6 Å². The number of aromatic nitrogens is 1. The van der Waals surface area contributed by atoms with Crippen LogP contribution in [0.3, 0.4) is 0 Å². The molecule has 1 heterocycles. The Morgan fingerprint density at radius 2 is 2.15 bits per heavy atom. The van der Waals surface area contributed by atoms with Crippen molar-refractivity contribution in [3.05, 3.63) is 10.6 Å². The number of carboxylic acids is 1. The van der Waals surface area contributed by atoms with Crippen LogP contribution in [0.15, 0.2) is 0 Å². The maximum absolute atomic E-state index is 11.8. The molecule has 0 aliphatic heterocycles. The van der Waals surface area contributed by atoms with Crippen LogP contribution in [0.2, 0.25) is 0 Å². The van der Waals surface area contributed by atoms with Crippen LogP contribution in [0.1, 0.15) is 36.8 Å². The van der Waals surface area contributed by atoms with E-state index in [-0.39, 0.29) is 6.54 Å². The second kappa shape index (κ2) is 5.78. The first-order valence-corrected chi connectivity index (χ1v) is 7.53. The van der Waals surface area contributed by atoms with Crippen molar-refractivity contribution in [1.82, 2.24) is 10.3 Å². The Kier molecular flexibility index (Phi) is 4.27. The molecular weight excluding hydrogens is 278 g/mol. The highest BCUT2D eigenvalue weighted by Crippen LogP contribution is 2.40. The molecule has 1 aromatic rings. The summed E-state index contributed by atoms with van der Waals surface area (Å²) < 4.78 is 0. The van der Waals surface area contributed by atoms with Gasteiger partial charge in [0, 0.05) is 11.4 Å². The molecule has 2 amide bonds. The van der Waals surface area contributed by atoms with Crippen LogP contribution in [-0.4, -0.2) is 28.6 Å². The van der Waals surface area contributed by atoms with Crippen LogP contribution in [0.4, 0.5) is 9.93 Å². The Morgan fingerprint density at radius 1 is 1.45 bits per heavy atom. The number of anilines is 1. The number of rotatable bonds is 5. The Labute approximate surface area is 121 Å². The van der Waals surface area contributed by atoms with E-state index in [0.29, 0.717) is 18.0 Å². The summed E-state index contributed by atoms with van der Waals surface area (Å²) in [5, 5.41) is 15.0. The fourth-order valence-corrected chi connectivity index (χ4v) is 3.17. The Balaban J connectivity index is 1.87. The first kappa shape index (κ1) is 14.8. The van der Waals surface area contributed by atoms with Crippen molar-refractivity contribution in [2.24, 2.45) is 5.41 Å². The highest BCUT2D eigenvalue weighted by atomic mass is 32.1. The Morgan fingerprint density at radius 3 is 2.60 bits per heavy atom. The molecule has 0 saturated heterocycles. The van der Waals surface area contributed by atoms with E-state index in [1.165, 1.54) is 11.3 Å². The third-order valence-corrected chi connectivity index (χ3v) is 4.73. The summed E-state index contributed by atoms with van der Waals surface area (Å²) in [6.45, 7) is 4.14. The molecule has 6 nitrogen and oxygen atoms in total. The van der Waals surface area contributed by atoms with Crippen molar-refractivity contribution in [3.63, 3.8) is 0 Å². The number of nitrogens with zero attached hydrogens (tertiary/aromatic N) is 1. The van der Waals surface area contributed by atoms with E-state index < -0.39 is 17.4 Å². The number of amides is 2. The molecule has 1 aromatic heterocycles. The van der Waals surface area contributed by atoms with Crippen LogP contribution >= 0.6 is 11.3 Å². The topological polar surface area (TPSA) is 91.3 Å². The summed E-state index contributed by atoms with van der Waals surface area (Å²) in [6.07, 6.45) is 2.98. The summed E-state index contributed by atoms with van der Waals surface area (Å²) in [4.78, 5) is 28.4. The van der Waals surface area contributed by atoms with Crippen LogP contribution in [-0.2, 0) is 11.2 Å². The van der Waals surface area contributed by atoms with Gasteiger partial charge in [-0.15, -0.1) is 11.3 Å². The van der Waals surface area contributed by atoms with Crippen LogP contribution in [0.5, 0.6) is 0 Å². The molecule has 110 valence electrons.